The van der Waals surface area contributed by atoms with Crippen LogP contribution in [0.4, 0.5) is 0 Å². The molecule has 0 unspecified atom stereocenters. The Morgan fingerprint density at radius 3 is 1.80 bits per heavy atom. The van der Waals surface area contributed by atoms with Gasteiger partial charge in [0.15, 0.2) is 0 Å². The predicted molar refractivity (Wildman–Crippen MR) is 88.5 cm³/mol. The first-order valence-corrected chi connectivity index (χ1v) is 6.61. The van der Waals surface area contributed by atoms with E-state index in [9.17, 15) is 0 Å². The quantitative estimate of drug-likeness (QED) is 0.627. The van der Waals surface area contributed by atoms with Crippen molar-refractivity contribution in [3.05, 3.63) is 12.3 Å². The third-order valence-corrected chi connectivity index (χ3v) is 2.93. The lowest BCUT2D eigenvalue weighted by Crippen LogP contribution is -2.18. The zero-order valence-electron chi connectivity index (χ0n) is 12.9. The second kappa shape index (κ2) is 6.82. The van der Waals surface area contributed by atoms with E-state index in [1.165, 1.54) is 5.71 Å². The minimum atomic E-state index is 0. The molecule has 2 rings (SSSR count). The normalized spacial score (nSPS) is 17.6. The number of nitrogens with zero attached hydrogens (tertiary/aromatic N) is 3. The maximum absolute atomic E-state index is 4.89. The van der Waals surface area contributed by atoms with Gasteiger partial charge in [-0.1, -0.05) is 60.7 Å². The number of rotatable bonds is 0. The number of hydrogen-bond acceptors (Lipinski definition) is 4. The molecule has 0 bridgehead atoms. The lowest BCUT2D eigenvalue weighted by atomic mass is 9.88. The lowest BCUT2D eigenvalue weighted by Gasteiger charge is -2.16. The van der Waals surface area contributed by atoms with Gasteiger partial charge in [-0.25, -0.2) is 0 Å². The van der Waals surface area contributed by atoms with Gasteiger partial charge in [0.1, 0.15) is 5.76 Å². The van der Waals surface area contributed by atoms with Gasteiger partial charge >= 0.3 is 0 Å². The van der Waals surface area contributed by atoms with Crippen LogP contribution in [0.2, 0.25) is 0 Å². The molecule has 4 nitrogen and oxygen atoms in total. The van der Waals surface area contributed by atoms with Gasteiger partial charge in [0.25, 0.3) is 0 Å². The first kappa shape index (κ1) is 18.6. The van der Waals surface area contributed by atoms with Crippen molar-refractivity contribution in [2.45, 2.75) is 61.8 Å². The van der Waals surface area contributed by atoms with Crippen LogP contribution in [0.15, 0.2) is 27.7 Å². The molecule has 114 valence electrons. The zero-order valence-corrected chi connectivity index (χ0v) is 12.9. The maximum Gasteiger partial charge on any atom is 0.133 e. The number of allylic oxidation sites excluding steroid dienone is 1. The fourth-order valence-electron chi connectivity index (χ4n) is 1.51. The Morgan fingerprint density at radius 2 is 1.60 bits per heavy atom. The van der Waals surface area contributed by atoms with Gasteiger partial charge < -0.3 is 4.84 Å². The van der Waals surface area contributed by atoms with E-state index in [1.807, 2.05) is 6.21 Å². The zero-order chi connectivity index (χ0) is 14.7. The molecular formula is C16H29N3O. The highest BCUT2D eigenvalue weighted by Crippen LogP contribution is 2.25. The summed E-state index contributed by atoms with van der Waals surface area (Å²) in [5.41, 5.74) is 2.59. The Balaban J connectivity index is 0.000000345. The molecule has 0 radical (unpaired) electrons. The van der Waals surface area contributed by atoms with Crippen LogP contribution in [0.1, 0.15) is 61.8 Å². The Hall–Kier alpha value is -1.45. The summed E-state index contributed by atoms with van der Waals surface area (Å²) >= 11 is 0. The van der Waals surface area contributed by atoms with Crippen molar-refractivity contribution in [2.75, 3.05) is 0 Å². The van der Waals surface area contributed by atoms with Crippen molar-refractivity contribution >= 4 is 17.6 Å². The molecule has 0 aromatic carbocycles. The van der Waals surface area contributed by atoms with Crippen molar-refractivity contribution in [1.82, 2.24) is 0 Å². The van der Waals surface area contributed by atoms with Gasteiger partial charge in [0, 0.05) is 23.5 Å². The highest BCUT2D eigenvalue weighted by Gasteiger charge is 2.24. The van der Waals surface area contributed by atoms with Gasteiger partial charge in [0.2, 0.25) is 0 Å². The van der Waals surface area contributed by atoms with Crippen molar-refractivity contribution < 1.29 is 4.84 Å². The van der Waals surface area contributed by atoms with E-state index in [0.29, 0.717) is 0 Å². The Labute approximate surface area is 123 Å². The third-order valence-electron chi connectivity index (χ3n) is 2.93. The first-order valence-electron chi connectivity index (χ1n) is 6.61. The summed E-state index contributed by atoms with van der Waals surface area (Å²) in [6.07, 6.45) is 3.58. The average molecular weight is 279 g/mol. The van der Waals surface area contributed by atoms with Crippen LogP contribution in [0.5, 0.6) is 0 Å². The lowest BCUT2D eigenvalue weighted by molar-refractivity contribution is 0.245. The Bertz CT molecular complexity index is 432. The van der Waals surface area contributed by atoms with Crippen LogP contribution < -0.4 is 0 Å². The molecule has 20 heavy (non-hydrogen) atoms. The molecule has 0 amide bonds. The summed E-state index contributed by atoms with van der Waals surface area (Å²) in [5, 5.41) is 11.7. The van der Waals surface area contributed by atoms with E-state index in [1.54, 1.807) is 0 Å². The maximum atomic E-state index is 4.89. The summed E-state index contributed by atoms with van der Waals surface area (Å²) < 4.78 is 0. The molecule has 4 heteroatoms. The minimum Gasteiger partial charge on any atom is -0.362 e. The molecule has 0 fully saturated rings. The molecule has 0 spiro atoms. The Kier molecular flexibility index (Phi) is 6.32. The van der Waals surface area contributed by atoms with Crippen LogP contribution in [0.3, 0.4) is 0 Å². The van der Waals surface area contributed by atoms with E-state index in [-0.39, 0.29) is 18.3 Å². The monoisotopic (exact) mass is 279 g/mol. The topological polar surface area (TPSA) is 46.3 Å². The van der Waals surface area contributed by atoms with Crippen LogP contribution in [0, 0.1) is 10.8 Å². The third kappa shape index (κ3) is 5.68. The van der Waals surface area contributed by atoms with Gasteiger partial charge in [-0.3, -0.25) is 0 Å². The minimum absolute atomic E-state index is 0. The van der Waals surface area contributed by atoms with Gasteiger partial charge in [0.05, 0.1) is 17.8 Å². The molecule has 2 aliphatic rings. The van der Waals surface area contributed by atoms with Gasteiger partial charge in [-0.15, -0.1) is 0 Å². The molecule has 0 aliphatic carbocycles. The van der Waals surface area contributed by atoms with E-state index in [2.05, 4.69) is 63.5 Å². The number of hydrogen-bond donors (Lipinski definition) is 0. The molecule has 0 aromatic rings. The van der Waals surface area contributed by atoms with Crippen molar-refractivity contribution in [2.24, 2.45) is 26.2 Å². The standard InChI is InChI=1S/C8H13NO.C7H12N2.CH4/c1-6-5-7(9-10-6)8(2,3)4;1-7(2,3)6-4-5-8-9-6;/h1,5H2,2-4H3;5H,4H2,1-3H3;1H4. The van der Waals surface area contributed by atoms with Crippen molar-refractivity contribution in [3.63, 3.8) is 0 Å². The highest BCUT2D eigenvalue weighted by atomic mass is 16.6. The van der Waals surface area contributed by atoms with Crippen molar-refractivity contribution in [3.8, 4) is 0 Å². The highest BCUT2D eigenvalue weighted by molar-refractivity contribution is 6.01. The summed E-state index contributed by atoms with van der Waals surface area (Å²) in [6.45, 7) is 16.5. The fourth-order valence-corrected chi connectivity index (χ4v) is 1.51. The fraction of sp³-hybridized carbons (Fsp3) is 0.688. The van der Waals surface area contributed by atoms with E-state index >= 15 is 0 Å². The molecule has 0 atom stereocenters. The van der Waals surface area contributed by atoms with E-state index in [0.717, 1.165) is 24.3 Å². The van der Waals surface area contributed by atoms with E-state index in [4.69, 9.17) is 4.84 Å². The average Bonchev–Trinajstić information content (AvgIpc) is 2.84. The molecular weight excluding hydrogens is 250 g/mol. The number of oxime groups is 1. The SMILES string of the molecule is C.C=C1CC(C(C)(C)C)=NO1.CC(C)(C)C1=NN=CC1. The van der Waals surface area contributed by atoms with Crippen LogP contribution >= 0.6 is 0 Å². The van der Waals surface area contributed by atoms with Crippen LogP contribution in [0.25, 0.3) is 0 Å². The van der Waals surface area contributed by atoms with Gasteiger partial charge in [-0.05, 0) is 0 Å². The van der Waals surface area contributed by atoms with Crippen LogP contribution in [-0.2, 0) is 4.84 Å². The van der Waals surface area contributed by atoms with Crippen molar-refractivity contribution in [1.29, 1.82) is 0 Å². The Morgan fingerprint density at radius 1 is 1.05 bits per heavy atom. The molecule has 0 N–H and O–H groups in total. The molecule has 2 heterocycles. The predicted octanol–water partition coefficient (Wildman–Crippen LogP) is 4.82. The second-order valence-electron chi connectivity index (χ2n) is 6.89. The summed E-state index contributed by atoms with van der Waals surface area (Å²) in [6, 6.07) is 0. The second-order valence-corrected chi connectivity index (χ2v) is 6.89. The smallest absolute Gasteiger partial charge is 0.133 e. The van der Waals surface area contributed by atoms with Crippen LogP contribution in [-0.4, -0.2) is 17.6 Å². The molecule has 0 aromatic heterocycles. The first-order chi connectivity index (χ1) is 8.60. The largest absolute Gasteiger partial charge is 0.362 e. The van der Waals surface area contributed by atoms with Gasteiger partial charge in [-0.2, -0.15) is 10.2 Å². The van der Waals surface area contributed by atoms with E-state index < -0.39 is 0 Å². The molecule has 0 saturated heterocycles. The summed E-state index contributed by atoms with van der Waals surface area (Å²) in [4.78, 5) is 4.89. The molecule has 2 aliphatic heterocycles. The summed E-state index contributed by atoms with van der Waals surface area (Å²) in [5.74, 6) is 0.755. The molecule has 0 saturated carbocycles. The summed E-state index contributed by atoms with van der Waals surface area (Å²) in [7, 11) is 0.